The molecule has 0 spiro atoms. The van der Waals surface area contributed by atoms with Crippen LogP contribution in [0.4, 0.5) is 5.69 Å². The minimum absolute atomic E-state index is 0.0874. The molecule has 2 aliphatic heterocycles. The van der Waals surface area contributed by atoms with E-state index >= 15 is 0 Å². The maximum atomic E-state index is 12.7. The van der Waals surface area contributed by atoms with E-state index in [4.69, 9.17) is 4.74 Å². The van der Waals surface area contributed by atoms with Gasteiger partial charge < -0.3 is 9.64 Å². The lowest BCUT2D eigenvalue weighted by Gasteiger charge is -2.28. The van der Waals surface area contributed by atoms with Crippen molar-refractivity contribution in [2.24, 2.45) is 4.99 Å². The number of hydrogen-bond donors (Lipinski definition) is 0. The van der Waals surface area contributed by atoms with Crippen molar-refractivity contribution in [3.8, 4) is 5.75 Å². The Hall–Kier alpha value is -2.32. The Balaban J connectivity index is 1.66. The number of carbonyl (C=O) groups excluding carboxylic acids is 1. The largest absolute Gasteiger partial charge is 0.497 e. The Morgan fingerprint density at radius 1 is 1.13 bits per heavy atom. The number of aryl methyl sites for hydroxylation is 2. The van der Waals surface area contributed by atoms with Crippen LogP contribution in [0.5, 0.6) is 5.75 Å². The number of ether oxygens (including phenoxy) is 1. The molecule has 0 N–H and O–H groups in total. The number of carbonyl (C=O) groups is 1. The van der Waals surface area contributed by atoms with Gasteiger partial charge in [-0.3, -0.25) is 4.79 Å². The maximum absolute atomic E-state index is 12.7. The molecule has 158 valence electrons. The number of nitrogens with zero attached hydrogens (tertiary/aromatic N) is 2. The summed E-state index contributed by atoms with van der Waals surface area (Å²) in [5.74, 6) is 0.695. The van der Waals surface area contributed by atoms with Crippen LogP contribution in [0.2, 0.25) is 0 Å². The van der Waals surface area contributed by atoms with Gasteiger partial charge in [-0.2, -0.15) is 4.99 Å². The zero-order valence-electron chi connectivity index (χ0n) is 17.2. The average molecular weight is 445 g/mol. The Kier molecular flexibility index (Phi) is 5.63. The van der Waals surface area contributed by atoms with Crippen LogP contribution in [0, 0.1) is 13.8 Å². The van der Waals surface area contributed by atoms with Crippen molar-refractivity contribution < 1.29 is 17.9 Å². The summed E-state index contributed by atoms with van der Waals surface area (Å²) in [5.41, 5.74) is 3.88. The highest BCUT2D eigenvalue weighted by atomic mass is 32.2. The molecule has 0 bridgehead atoms. The normalized spacial score (nSPS) is 23.6. The van der Waals surface area contributed by atoms with Gasteiger partial charge in [-0.1, -0.05) is 42.1 Å². The standard InChI is InChI=1S/C22H24N2O4S2/c1-14-5-4-6-15(2)21(14)24-18-12-30(26,27)13-19(18)29-22(24)23-20(25)11-16-7-9-17(28-3)10-8-16/h4-10,18-19H,11-13H2,1-3H3/t18-,19+/m1/s1. The summed E-state index contributed by atoms with van der Waals surface area (Å²) in [5, 5.41) is 0.484. The molecule has 6 nitrogen and oxygen atoms in total. The average Bonchev–Trinajstić information content (AvgIpc) is 3.14. The molecule has 8 heteroatoms. The third-order valence-electron chi connectivity index (χ3n) is 5.48. The second-order valence-electron chi connectivity index (χ2n) is 7.72. The zero-order chi connectivity index (χ0) is 21.5. The van der Waals surface area contributed by atoms with Crippen molar-refractivity contribution >= 4 is 38.4 Å². The van der Waals surface area contributed by atoms with E-state index in [9.17, 15) is 13.2 Å². The van der Waals surface area contributed by atoms with Gasteiger partial charge in [-0.25, -0.2) is 8.42 Å². The molecule has 30 heavy (non-hydrogen) atoms. The number of amidine groups is 1. The number of hydrogen-bond acceptors (Lipinski definition) is 5. The monoisotopic (exact) mass is 444 g/mol. The number of para-hydroxylation sites is 1. The van der Waals surface area contributed by atoms with Crippen molar-refractivity contribution in [1.82, 2.24) is 0 Å². The van der Waals surface area contributed by atoms with Gasteiger partial charge in [-0.05, 0) is 42.7 Å². The fraction of sp³-hybridized carbons (Fsp3) is 0.364. The van der Waals surface area contributed by atoms with Crippen LogP contribution in [-0.4, -0.2) is 49.4 Å². The fourth-order valence-electron chi connectivity index (χ4n) is 4.08. The Morgan fingerprint density at radius 2 is 1.80 bits per heavy atom. The van der Waals surface area contributed by atoms with E-state index in [-0.39, 0.29) is 35.1 Å². The number of thioether (sulfide) groups is 1. The van der Waals surface area contributed by atoms with E-state index in [1.165, 1.54) is 11.8 Å². The number of aliphatic imine (C=N–C) groups is 1. The van der Waals surface area contributed by atoms with Gasteiger partial charge in [0.2, 0.25) is 0 Å². The first-order valence-corrected chi connectivity index (χ1v) is 12.4. The smallest absolute Gasteiger partial charge is 0.252 e. The first-order chi connectivity index (χ1) is 14.3. The lowest BCUT2D eigenvalue weighted by atomic mass is 10.1. The Morgan fingerprint density at radius 3 is 2.43 bits per heavy atom. The van der Waals surface area contributed by atoms with E-state index in [0.717, 1.165) is 28.1 Å². The topological polar surface area (TPSA) is 76.0 Å². The molecule has 2 saturated heterocycles. The highest BCUT2D eigenvalue weighted by Crippen LogP contribution is 2.43. The molecule has 0 aromatic heterocycles. The second-order valence-corrected chi connectivity index (χ2v) is 11.1. The third kappa shape index (κ3) is 4.11. The molecule has 0 unspecified atom stereocenters. The van der Waals surface area contributed by atoms with Crippen molar-refractivity contribution in [2.75, 3.05) is 23.5 Å². The van der Waals surface area contributed by atoms with E-state index in [1.54, 1.807) is 7.11 Å². The number of benzene rings is 2. The van der Waals surface area contributed by atoms with Crippen molar-refractivity contribution in [1.29, 1.82) is 0 Å². The quantitative estimate of drug-likeness (QED) is 0.721. The van der Waals surface area contributed by atoms with Gasteiger partial charge in [-0.15, -0.1) is 0 Å². The molecule has 2 aliphatic rings. The summed E-state index contributed by atoms with van der Waals surface area (Å²) in [6.45, 7) is 4.00. The summed E-state index contributed by atoms with van der Waals surface area (Å²) >= 11 is 1.40. The number of rotatable bonds is 4. The zero-order valence-corrected chi connectivity index (χ0v) is 18.8. The Labute approximate surface area is 181 Å². The van der Waals surface area contributed by atoms with Gasteiger partial charge in [0.15, 0.2) is 15.0 Å². The molecular weight excluding hydrogens is 420 g/mol. The minimum Gasteiger partial charge on any atom is -0.497 e. The van der Waals surface area contributed by atoms with Gasteiger partial charge in [0.25, 0.3) is 5.91 Å². The maximum Gasteiger partial charge on any atom is 0.252 e. The number of fused-ring (bicyclic) bond motifs is 1. The summed E-state index contributed by atoms with van der Waals surface area (Å²) in [6.07, 6.45) is 0.183. The van der Waals surface area contributed by atoms with E-state index in [2.05, 4.69) is 4.99 Å². The molecule has 0 radical (unpaired) electrons. The van der Waals surface area contributed by atoms with Crippen LogP contribution in [0.3, 0.4) is 0 Å². The molecule has 0 saturated carbocycles. The molecule has 2 atom stereocenters. The number of sulfone groups is 1. The lowest BCUT2D eigenvalue weighted by molar-refractivity contribution is -0.117. The molecule has 4 rings (SSSR count). The van der Waals surface area contributed by atoms with Gasteiger partial charge in [0, 0.05) is 10.9 Å². The predicted molar refractivity (Wildman–Crippen MR) is 121 cm³/mol. The van der Waals surface area contributed by atoms with Gasteiger partial charge in [0.1, 0.15) is 5.75 Å². The van der Waals surface area contributed by atoms with Gasteiger partial charge >= 0.3 is 0 Å². The first-order valence-electron chi connectivity index (χ1n) is 9.74. The lowest BCUT2D eigenvalue weighted by Crippen LogP contribution is -2.38. The molecule has 2 fully saturated rings. The molecule has 2 aromatic carbocycles. The highest BCUT2D eigenvalue weighted by molar-refractivity contribution is 8.16. The third-order valence-corrected chi connectivity index (χ3v) is 8.69. The van der Waals surface area contributed by atoms with Crippen LogP contribution in [0.1, 0.15) is 16.7 Å². The molecular formula is C22H24N2O4S2. The Bertz CT molecular complexity index is 1090. The van der Waals surface area contributed by atoms with E-state index in [1.807, 2.05) is 61.2 Å². The number of anilines is 1. The molecule has 2 aromatic rings. The molecule has 2 heterocycles. The highest BCUT2D eigenvalue weighted by Gasteiger charge is 2.49. The summed E-state index contributed by atoms with van der Waals surface area (Å²) in [7, 11) is -1.49. The van der Waals surface area contributed by atoms with E-state index in [0.29, 0.717) is 5.17 Å². The minimum atomic E-state index is -3.09. The van der Waals surface area contributed by atoms with Crippen LogP contribution in [0.15, 0.2) is 47.5 Å². The van der Waals surface area contributed by atoms with Crippen molar-refractivity contribution in [3.63, 3.8) is 0 Å². The van der Waals surface area contributed by atoms with Crippen LogP contribution in [0.25, 0.3) is 0 Å². The summed E-state index contributed by atoms with van der Waals surface area (Å²) in [6, 6.07) is 13.1. The van der Waals surface area contributed by atoms with Crippen molar-refractivity contribution in [3.05, 3.63) is 59.2 Å². The fourth-order valence-corrected chi connectivity index (χ4v) is 7.99. The molecule has 0 aliphatic carbocycles. The van der Waals surface area contributed by atoms with E-state index < -0.39 is 9.84 Å². The van der Waals surface area contributed by atoms with Crippen LogP contribution >= 0.6 is 11.8 Å². The predicted octanol–water partition coefficient (Wildman–Crippen LogP) is 3.16. The summed E-state index contributed by atoms with van der Waals surface area (Å²) < 4.78 is 29.7. The number of amides is 1. The van der Waals surface area contributed by atoms with Crippen molar-refractivity contribution in [2.45, 2.75) is 31.6 Å². The summed E-state index contributed by atoms with van der Waals surface area (Å²) in [4.78, 5) is 19.1. The SMILES string of the molecule is COc1ccc(CC(=O)N=C2S[C@H]3CS(=O)(=O)C[C@H]3N2c2c(C)cccc2C)cc1. The number of methoxy groups -OCH3 is 1. The van der Waals surface area contributed by atoms with Gasteiger partial charge in [0.05, 0.1) is 31.1 Å². The molecule has 1 amide bonds. The van der Waals surface area contributed by atoms with Crippen LogP contribution < -0.4 is 9.64 Å². The first kappa shape index (κ1) is 20.9. The second kappa shape index (κ2) is 8.07. The van der Waals surface area contributed by atoms with Crippen LogP contribution in [-0.2, 0) is 21.1 Å².